The zero-order valence-electron chi connectivity index (χ0n) is 9.27. The third-order valence-electron chi connectivity index (χ3n) is 2.69. The van der Waals surface area contributed by atoms with Gasteiger partial charge in [-0.05, 0) is 25.5 Å². The predicted octanol–water partition coefficient (Wildman–Crippen LogP) is 2.41. The van der Waals surface area contributed by atoms with Gasteiger partial charge in [0, 0.05) is 6.07 Å². The number of fused-ring (bicyclic) bond motifs is 1. The number of hydrogen-bond donors (Lipinski definition) is 0. The molecular formula is C11H15N3O. The summed E-state index contributed by atoms with van der Waals surface area (Å²) < 4.78 is 7.09. The molecule has 1 unspecified atom stereocenters. The lowest BCUT2D eigenvalue weighted by Crippen LogP contribution is -2.05. The molecule has 4 nitrogen and oxygen atoms in total. The van der Waals surface area contributed by atoms with Crippen LogP contribution in [0.25, 0.3) is 11.0 Å². The number of ether oxygens (including phenoxy) is 1. The average molecular weight is 205 g/mol. The molecule has 0 aliphatic carbocycles. The largest absolute Gasteiger partial charge is 0.497 e. The second kappa shape index (κ2) is 3.88. The van der Waals surface area contributed by atoms with Crippen molar-refractivity contribution in [1.82, 2.24) is 15.0 Å². The maximum absolute atomic E-state index is 5.14. The number of methoxy groups -OCH3 is 1. The summed E-state index contributed by atoms with van der Waals surface area (Å²) in [7, 11) is 1.65. The van der Waals surface area contributed by atoms with Crippen LogP contribution in [0.15, 0.2) is 18.2 Å². The molecule has 80 valence electrons. The van der Waals surface area contributed by atoms with E-state index >= 15 is 0 Å². The smallest absolute Gasteiger partial charge is 0.121 e. The van der Waals surface area contributed by atoms with Gasteiger partial charge in [0.15, 0.2) is 0 Å². The molecule has 0 saturated heterocycles. The molecule has 2 rings (SSSR count). The van der Waals surface area contributed by atoms with Gasteiger partial charge >= 0.3 is 0 Å². The van der Waals surface area contributed by atoms with Gasteiger partial charge in [-0.25, -0.2) is 4.68 Å². The number of rotatable bonds is 3. The van der Waals surface area contributed by atoms with E-state index in [0.29, 0.717) is 6.04 Å². The van der Waals surface area contributed by atoms with Crippen molar-refractivity contribution in [1.29, 1.82) is 0 Å². The number of nitrogens with zero attached hydrogens (tertiary/aromatic N) is 3. The fraction of sp³-hybridized carbons (Fsp3) is 0.455. The first kappa shape index (κ1) is 9.96. The molecule has 1 atom stereocenters. The van der Waals surface area contributed by atoms with Crippen molar-refractivity contribution in [2.24, 2.45) is 0 Å². The zero-order chi connectivity index (χ0) is 10.8. The summed E-state index contributed by atoms with van der Waals surface area (Å²) in [5, 5.41) is 8.28. The van der Waals surface area contributed by atoms with E-state index in [0.717, 1.165) is 23.2 Å². The molecular weight excluding hydrogens is 190 g/mol. The highest BCUT2D eigenvalue weighted by Gasteiger charge is 2.09. The molecule has 15 heavy (non-hydrogen) atoms. The van der Waals surface area contributed by atoms with Gasteiger partial charge in [0.25, 0.3) is 0 Å². The van der Waals surface area contributed by atoms with Gasteiger partial charge in [-0.15, -0.1) is 5.10 Å². The molecule has 0 aliphatic rings. The summed E-state index contributed by atoms with van der Waals surface area (Å²) in [6.45, 7) is 4.28. The van der Waals surface area contributed by atoms with Gasteiger partial charge in [0.1, 0.15) is 11.3 Å². The van der Waals surface area contributed by atoms with E-state index in [1.54, 1.807) is 7.11 Å². The van der Waals surface area contributed by atoms with E-state index in [9.17, 15) is 0 Å². The third-order valence-corrected chi connectivity index (χ3v) is 2.69. The maximum Gasteiger partial charge on any atom is 0.121 e. The Hall–Kier alpha value is -1.58. The molecule has 0 spiro atoms. The van der Waals surface area contributed by atoms with E-state index in [1.807, 2.05) is 22.9 Å². The van der Waals surface area contributed by atoms with Crippen molar-refractivity contribution >= 4 is 11.0 Å². The van der Waals surface area contributed by atoms with Crippen LogP contribution in [0.3, 0.4) is 0 Å². The van der Waals surface area contributed by atoms with Crippen molar-refractivity contribution < 1.29 is 4.74 Å². The SMILES string of the molecule is CCC(C)n1nnc2cc(OC)ccc21. The summed E-state index contributed by atoms with van der Waals surface area (Å²) in [5.74, 6) is 0.818. The molecule has 0 radical (unpaired) electrons. The molecule has 0 saturated carbocycles. The van der Waals surface area contributed by atoms with Crippen LogP contribution < -0.4 is 4.74 Å². The van der Waals surface area contributed by atoms with E-state index in [1.165, 1.54) is 0 Å². The van der Waals surface area contributed by atoms with Crippen LogP contribution in [0.2, 0.25) is 0 Å². The molecule has 2 aromatic rings. The number of hydrogen-bond acceptors (Lipinski definition) is 3. The van der Waals surface area contributed by atoms with Crippen molar-refractivity contribution in [3.63, 3.8) is 0 Å². The third kappa shape index (κ3) is 1.67. The lowest BCUT2D eigenvalue weighted by Gasteiger charge is -2.08. The highest BCUT2D eigenvalue weighted by Crippen LogP contribution is 2.21. The molecule has 0 amide bonds. The van der Waals surface area contributed by atoms with Gasteiger partial charge in [-0.3, -0.25) is 0 Å². The van der Waals surface area contributed by atoms with Gasteiger partial charge in [-0.1, -0.05) is 12.1 Å². The van der Waals surface area contributed by atoms with E-state index in [4.69, 9.17) is 4.74 Å². The van der Waals surface area contributed by atoms with Crippen LogP contribution in [0.5, 0.6) is 5.75 Å². The highest BCUT2D eigenvalue weighted by atomic mass is 16.5. The van der Waals surface area contributed by atoms with Crippen LogP contribution in [0, 0.1) is 0 Å². The molecule has 0 aliphatic heterocycles. The maximum atomic E-state index is 5.14. The van der Waals surface area contributed by atoms with Gasteiger partial charge in [-0.2, -0.15) is 0 Å². The molecule has 1 aromatic carbocycles. The first-order valence-corrected chi connectivity index (χ1v) is 5.15. The van der Waals surface area contributed by atoms with Crippen LogP contribution in [0.4, 0.5) is 0 Å². The van der Waals surface area contributed by atoms with Crippen molar-refractivity contribution in [3.05, 3.63) is 18.2 Å². The normalized spacial score (nSPS) is 13.0. The lowest BCUT2D eigenvalue weighted by atomic mass is 10.2. The van der Waals surface area contributed by atoms with Crippen molar-refractivity contribution in [3.8, 4) is 5.75 Å². The fourth-order valence-electron chi connectivity index (χ4n) is 1.55. The average Bonchev–Trinajstić information content (AvgIpc) is 2.70. The highest BCUT2D eigenvalue weighted by molar-refractivity contribution is 5.76. The minimum atomic E-state index is 0.378. The standard InChI is InChI=1S/C11H15N3O/c1-4-8(2)14-11-6-5-9(15-3)7-10(11)12-13-14/h5-8H,4H2,1-3H3. The summed E-state index contributed by atoms with van der Waals surface area (Å²) in [6.07, 6.45) is 1.05. The zero-order valence-corrected chi connectivity index (χ0v) is 9.27. The topological polar surface area (TPSA) is 39.9 Å². The summed E-state index contributed by atoms with van der Waals surface area (Å²) >= 11 is 0. The summed E-state index contributed by atoms with van der Waals surface area (Å²) in [6, 6.07) is 6.22. The Morgan fingerprint density at radius 2 is 2.27 bits per heavy atom. The molecule has 1 heterocycles. The molecule has 0 N–H and O–H groups in total. The van der Waals surface area contributed by atoms with Crippen molar-refractivity contribution in [2.75, 3.05) is 7.11 Å². The quantitative estimate of drug-likeness (QED) is 0.772. The second-order valence-corrected chi connectivity index (χ2v) is 3.65. The predicted molar refractivity (Wildman–Crippen MR) is 59.1 cm³/mol. The number of benzene rings is 1. The Balaban J connectivity index is 2.52. The van der Waals surface area contributed by atoms with Crippen LogP contribution >= 0.6 is 0 Å². The monoisotopic (exact) mass is 205 g/mol. The lowest BCUT2D eigenvalue weighted by molar-refractivity contribution is 0.415. The first-order chi connectivity index (χ1) is 7.26. The van der Waals surface area contributed by atoms with Crippen molar-refractivity contribution in [2.45, 2.75) is 26.3 Å². The molecule has 1 aromatic heterocycles. The minimum Gasteiger partial charge on any atom is -0.497 e. The van der Waals surface area contributed by atoms with E-state index < -0.39 is 0 Å². The van der Waals surface area contributed by atoms with E-state index in [2.05, 4.69) is 24.2 Å². The summed E-state index contributed by atoms with van der Waals surface area (Å²) in [4.78, 5) is 0. The Bertz CT molecular complexity index is 464. The Morgan fingerprint density at radius 3 is 2.93 bits per heavy atom. The summed E-state index contributed by atoms with van der Waals surface area (Å²) in [5.41, 5.74) is 1.94. The second-order valence-electron chi connectivity index (χ2n) is 3.65. The Kier molecular flexibility index (Phi) is 2.58. The van der Waals surface area contributed by atoms with Crippen LogP contribution in [-0.2, 0) is 0 Å². The fourth-order valence-corrected chi connectivity index (χ4v) is 1.55. The Labute approximate surface area is 88.8 Å². The van der Waals surface area contributed by atoms with Gasteiger partial charge in [0.05, 0.1) is 18.7 Å². The molecule has 0 fully saturated rings. The minimum absolute atomic E-state index is 0.378. The van der Waals surface area contributed by atoms with E-state index in [-0.39, 0.29) is 0 Å². The van der Waals surface area contributed by atoms with Crippen LogP contribution in [-0.4, -0.2) is 22.1 Å². The first-order valence-electron chi connectivity index (χ1n) is 5.15. The van der Waals surface area contributed by atoms with Gasteiger partial charge < -0.3 is 4.74 Å². The van der Waals surface area contributed by atoms with Crippen LogP contribution in [0.1, 0.15) is 26.3 Å². The molecule has 0 bridgehead atoms. The Morgan fingerprint density at radius 1 is 1.47 bits per heavy atom. The van der Waals surface area contributed by atoms with Gasteiger partial charge in [0.2, 0.25) is 0 Å². The number of aromatic nitrogens is 3. The molecule has 4 heteroatoms.